The van der Waals surface area contributed by atoms with Crippen molar-refractivity contribution in [1.82, 2.24) is 4.90 Å². The van der Waals surface area contributed by atoms with Crippen molar-refractivity contribution < 1.29 is 14.7 Å². The lowest BCUT2D eigenvalue weighted by Crippen LogP contribution is -2.55. The zero-order valence-electron chi connectivity index (χ0n) is 10.9. The summed E-state index contributed by atoms with van der Waals surface area (Å²) in [5, 5.41) is 12.6. The molecule has 1 fully saturated rings. The fraction of sp³-hybridized carbons (Fsp3) is 0.429. The Balaban J connectivity index is 2.13. The van der Waals surface area contributed by atoms with Crippen molar-refractivity contribution in [2.75, 3.05) is 18.4 Å². The van der Waals surface area contributed by atoms with E-state index in [0.717, 1.165) is 5.69 Å². The molecule has 1 amide bonds. The van der Waals surface area contributed by atoms with Gasteiger partial charge in [-0.3, -0.25) is 4.79 Å². The lowest BCUT2D eigenvalue weighted by atomic mass is 9.87. The van der Waals surface area contributed by atoms with Gasteiger partial charge < -0.3 is 15.3 Å². The number of hydrogen-bond donors (Lipinski definition) is 2. The molecule has 1 aliphatic rings. The van der Waals surface area contributed by atoms with Gasteiger partial charge in [-0.15, -0.1) is 0 Å². The molecule has 2 N–H and O–H groups in total. The first-order valence-electron chi connectivity index (χ1n) is 6.36. The summed E-state index contributed by atoms with van der Waals surface area (Å²) in [7, 11) is 0. The molecule has 0 aromatic heterocycles. The smallest absolute Gasteiger partial charge is 0.329 e. The summed E-state index contributed by atoms with van der Waals surface area (Å²) < 4.78 is 0. The number of nitrogens with zero attached hydrogens (tertiary/aromatic N) is 1. The monoisotopic (exact) mass is 262 g/mol. The quantitative estimate of drug-likeness (QED) is 0.867. The van der Waals surface area contributed by atoms with Gasteiger partial charge in [0.25, 0.3) is 0 Å². The van der Waals surface area contributed by atoms with E-state index in [9.17, 15) is 14.7 Å². The molecule has 1 heterocycles. The highest BCUT2D eigenvalue weighted by Crippen LogP contribution is 2.27. The third-order valence-electron chi connectivity index (χ3n) is 3.63. The molecule has 1 saturated heterocycles. The molecule has 19 heavy (non-hydrogen) atoms. The lowest BCUT2D eigenvalue weighted by molar-refractivity contribution is -0.146. The van der Waals surface area contributed by atoms with Crippen LogP contribution in [0.1, 0.15) is 19.8 Å². The zero-order chi connectivity index (χ0) is 13.9. The highest BCUT2D eigenvalue weighted by molar-refractivity contribution is 5.83. The van der Waals surface area contributed by atoms with Crippen LogP contribution in [0.3, 0.4) is 0 Å². The molecule has 102 valence electrons. The van der Waals surface area contributed by atoms with E-state index < -0.39 is 11.5 Å². The topological polar surface area (TPSA) is 69.6 Å². The number of carboxylic acid groups (broad SMARTS) is 1. The van der Waals surface area contributed by atoms with Gasteiger partial charge in [-0.1, -0.05) is 18.2 Å². The first-order valence-corrected chi connectivity index (χ1v) is 6.36. The Labute approximate surface area is 112 Å². The largest absolute Gasteiger partial charge is 0.480 e. The van der Waals surface area contributed by atoms with Crippen LogP contribution in [-0.4, -0.2) is 40.5 Å². The van der Waals surface area contributed by atoms with Crippen LogP contribution in [0, 0.1) is 0 Å². The fourth-order valence-electron chi connectivity index (χ4n) is 2.39. The predicted molar refractivity (Wildman–Crippen MR) is 71.9 cm³/mol. The van der Waals surface area contributed by atoms with Crippen LogP contribution in [0.5, 0.6) is 0 Å². The Kier molecular flexibility index (Phi) is 3.74. The van der Waals surface area contributed by atoms with Gasteiger partial charge in [-0.2, -0.15) is 0 Å². The van der Waals surface area contributed by atoms with Crippen molar-refractivity contribution in [2.45, 2.75) is 25.3 Å². The predicted octanol–water partition coefficient (Wildman–Crippen LogP) is 1.56. The van der Waals surface area contributed by atoms with Crippen molar-refractivity contribution in [2.24, 2.45) is 0 Å². The SMILES string of the molecule is CC(=O)N1CCC(Nc2ccccc2)(C(=O)O)CC1. The van der Waals surface area contributed by atoms with Crippen molar-refractivity contribution in [3.8, 4) is 0 Å². The number of nitrogens with one attached hydrogen (secondary N) is 1. The number of rotatable bonds is 3. The molecule has 1 aliphatic heterocycles. The van der Waals surface area contributed by atoms with Crippen LogP contribution < -0.4 is 5.32 Å². The fourth-order valence-corrected chi connectivity index (χ4v) is 2.39. The first kappa shape index (κ1) is 13.4. The van der Waals surface area contributed by atoms with Crippen molar-refractivity contribution in [3.63, 3.8) is 0 Å². The average molecular weight is 262 g/mol. The van der Waals surface area contributed by atoms with Crippen molar-refractivity contribution in [3.05, 3.63) is 30.3 Å². The highest BCUT2D eigenvalue weighted by Gasteiger charge is 2.42. The molecule has 0 radical (unpaired) electrons. The van der Waals surface area contributed by atoms with Crippen molar-refractivity contribution in [1.29, 1.82) is 0 Å². The van der Waals surface area contributed by atoms with Gasteiger partial charge in [-0.05, 0) is 25.0 Å². The number of amides is 1. The van der Waals surface area contributed by atoms with Crippen LogP contribution in [0.15, 0.2) is 30.3 Å². The summed E-state index contributed by atoms with van der Waals surface area (Å²) in [6.07, 6.45) is 0.827. The number of carbonyl (C=O) groups is 2. The normalized spacial score (nSPS) is 17.8. The second-order valence-corrected chi connectivity index (χ2v) is 4.88. The summed E-state index contributed by atoms with van der Waals surface area (Å²) >= 11 is 0. The van der Waals surface area contributed by atoms with Crippen molar-refractivity contribution >= 4 is 17.6 Å². The number of likely N-dealkylation sites (tertiary alicyclic amines) is 1. The van der Waals surface area contributed by atoms with E-state index in [1.54, 1.807) is 4.90 Å². The molecule has 2 rings (SSSR count). The molecule has 0 saturated carbocycles. The molecule has 0 aliphatic carbocycles. The van der Waals surface area contributed by atoms with E-state index in [-0.39, 0.29) is 5.91 Å². The molecular weight excluding hydrogens is 244 g/mol. The second-order valence-electron chi connectivity index (χ2n) is 4.88. The maximum absolute atomic E-state index is 11.6. The number of piperidine rings is 1. The van der Waals surface area contributed by atoms with Gasteiger partial charge in [0.2, 0.25) is 5.91 Å². The summed E-state index contributed by atoms with van der Waals surface area (Å²) in [4.78, 5) is 24.6. The van der Waals surface area contributed by atoms with Gasteiger partial charge in [0, 0.05) is 25.7 Å². The third-order valence-corrected chi connectivity index (χ3v) is 3.63. The van der Waals surface area contributed by atoms with Crippen LogP contribution in [0.25, 0.3) is 0 Å². The van der Waals surface area contributed by atoms with E-state index in [1.807, 2.05) is 30.3 Å². The molecular formula is C14H18N2O3. The standard InChI is InChI=1S/C14H18N2O3/c1-11(17)16-9-7-14(8-10-16,13(18)19)15-12-5-3-2-4-6-12/h2-6,15H,7-10H2,1H3,(H,18,19). The Bertz CT molecular complexity index is 465. The molecule has 1 aromatic rings. The van der Waals surface area contributed by atoms with E-state index in [1.165, 1.54) is 6.92 Å². The zero-order valence-corrected chi connectivity index (χ0v) is 10.9. The first-order chi connectivity index (χ1) is 9.03. The molecule has 0 unspecified atom stereocenters. The highest BCUT2D eigenvalue weighted by atomic mass is 16.4. The maximum Gasteiger partial charge on any atom is 0.329 e. The second kappa shape index (κ2) is 5.30. The molecule has 5 nitrogen and oxygen atoms in total. The van der Waals surface area contributed by atoms with Crippen LogP contribution >= 0.6 is 0 Å². The maximum atomic E-state index is 11.6. The van der Waals surface area contributed by atoms with Gasteiger partial charge in [0.05, 0.1) is 0 Å². The Morgan fingerprint density at radius 1 is 1.21 bits per heavy atom. The van der Waals surface area contributed by atoms with Gasteiger partial charge in [-0.25, -0.2) is 4.79 Å². The third kappa shape index (κ3) is 2.86. The Morgan fingerprint density at radius 2 is 1.79 bits per heavy atom. The summed E-state index contributed by atoms with van der Waals surface area (Å²) in [5.74, 6) is -0.863. The number of benzene rings is 1. The number of carbonyl (C=O) groups excluding carboxylic acids is 1. The van der Waals surface area contributed by atoms with Crippen LogP contribution in [0.2, 0.25) is 0 Å². The number of carboxylic acids is 1. The number of anilines is 1. The number of hydrogen-bond acceptors (Lipinski definition) is 3. The van der Waals surface area contributed by atoms with E-state index in [2.05, 4.69) is 5.32 Å². The minimum absolute atomic E-state index is 0.00120. The molecule has 0 atom stereocenters. The van der Waals surface area contributed by atoms with Crippen LogP contribution in [0.4, 0.5) is 5.69 Å². The van der Waals surface area contributed by atoms with Gasteiger partial charge >= 0.3 is 5.97 Å². The average Bonchev–Trinajstić information content (AvgIpc) is 2.40. The number of aliphatic carboxylic acids is 1. The summed E-state index contributed by atoms with van der Waals surface area (Å²) in [6.45, 7) is 2.46. The van der Waals surface area contributed by atoms with Crippen LogP contribution in [-0.2, 0) is 9.59 Å². The minimum atomic E-state index is -0.979. The Hall–Kier alpha value is -2.04. The number of para-hydroxylation sites is 1. The van der Waals surface area contributed by atoms with Gasteiger partial charge in [0.1, 0.15) is 5.54 Å². The lowest BCUT2D eigenvalue weighted by Gasteiger charge is -2.39. The summed E-state index contributed by atoms with van der Waals surface area (Å²) in [5.41, 5.74) is -0.186. The van der Waals surface area contributed by atoms with Gasteiger partial charge in [0.15, 0.2) is 0 Å². The molecule has 5 heteroatoms. The molecule has 0 bridgehead atoms. The Morgan fingerprint density at radius 3 is 2.26 bits per heavy atom. The van der Waals surface area contributed by atoms with E-state index in [0.29, 0.717) is 25.9 Å². The molecule has 1 aromatic carbocycles. The minimum Gasteiger partial charge on any atom is -0.480 e. The molecule has 0 spiro atoms. The van der Waals surface area contributed by atoms with E-state index in [4.69, 9.17) is 0 Å². The van der Waals surface area contributed by atoms with E-state index >= 15 is 0 Å². The summed E-state index contributed by atoms with van der Waals surface area (Å²) in [6, 6.07) is 9.31.